The number of rotatable bonds is 7. The zero-order chi connectivity index (χ0) is 14.7. The fourth-order valence-electron chi connectivity index (χ4n) is 2.22. The van der Waals surface area contributed by atoms with Crippen LogP contribution in [0.4, 0.5) is 5.69 Å². The number of hydrogen-bond acceptors (Lipinski definition) is 4. The summed E-state index contributed by atoms with van der Waals surface area (Å²) in [5.74, 6) is 0. The van der Waals surface area contributed by atoms with Gasteiger partial charge in [-0.05, 0) is 38.4 Å². The number of nitro groups is 1. The Labute approximate surface area is 124 Å². The zero-order valence-corrected chi connectivity index (χ0v) is 12.6. The van der Waals surface area contributed by atoms with Gasteiger partial charge in [-0.3, -0.25) is 15.0 Å². The van der Waals surface area contributed by atoms with Crippen molar-refractivity contribution in [2.45, 2.75) is 38.4 Å². The molecule has 0 amide bonds. The molecular formula is C14H20ClN3O2. The lowest BCUT2D eigenvalue weighted by Gasteiger charge is -2.24. The Bertz CT molecular complexity index is 491. The predicted molar refractivity (Wildman–Crippen MR) is 80.1 cm³/mol. The van der Waals surface area contributed by atoms with Crippen LogP contribution in [-0.4, -0.2) is 35.5 Å². The summed E-state index contributed by atoms with van der Waals surface area (Å²) in [5.41, 5.74) is 0.844. The smallest absolute Gasteiger partial charge is 0.288 e. The van der Waals surface area contributed by atoms with Crippen molar-refractivity contribution in [3.8, 4) is 0 Å². The molecule has 0 saturated heterocycles. The van der Waals surface area contributed by atoms with Crippen molar-refractivity contribution in [1.82, 2.24) is 10.2 Å². The number of hydrogen-bond donors (Lipinski definition) is 1. The Morgan fingerprint density at radius 3 is 2.85 bits per heavy atom. The van der Waals surface area contributed by atoms with Gasteiger partial charge in [-0.25, -0.2) is 0 Å². The number of nitrogens with one attached hydrogen (secondary N) is 1. The molecule has 1 aromatic rings. The van der Waals surface area contributed by atoms with Crippen LogP contribution in [0.5, 0.6) is 0 Å². The fourth-order valence-corrected chi connectivity index (χ4v) is 2.41. The summed E-state index contributed by atoms with van der Waals surface area (Å²) in [4.78, 5) is 12.8. The first kappa shape index (κ1) is 15.2. The maximum atomic E-state index is 10.8. The molecule has 5 nitrogen and oxygen atoms in total. The SMILES string of the molecule is CC(CNCc1ccc(Cl)c([N+](=O)[O-])c1)N(C)C1CC1. The van der Waals surface area contributed by atoms with E-state index in [-0.39, 0.29) is 10.7 Å². The normalized spacial score (nSPS) is 16.4. The Balaban J connectivity index is 1.84. The topological polar surface area (TPSA) is 58.4 Å². The number of benzene rings is 1. The van der Waals surface area contributed by atoms with Crippen LogP contribution < -0.4 is 5.32 Å². The molecule has 0 radical (unpaired) electrons. The molecule has 1 N–H and O–H groups in total. The van der Waals surface area contributed by atoms with E-state index in [2.05, 4.69) is 24.2 Å². The van der Waals surface area contributed by atoms with E-state index in [1.54, 1.807) is 6.07 Å². The molecule has 0 bridgehead atoms. The van der Waals surface area contributed by atoms with Crippen LogP contribution in [0.15, 0.2) is 18.2 Å². The van der Waals surface area contributed by atoms with Crippen LogP contribution in [-0.2, 0) is 6.54 Å². The third-order valence-electron chi connectivity index (χ3n) is 3.79. The van der Waals surface area contributed by atoms with Crippen LogP contribution in [0.1, 0.15) is 25.3 Å². The van der Waals surface area contributed by atoms with Crippen LogP contribution in [0.3, 0.4) is 0 Å². The minimum Gasteiger partial charge on any atom is -0.311 e. The molecular weight excluding hydrogens is 278 g/mol. The molecule has 1 fully saturated rings. The molecule has 0 heterocycles. The maximum absolute atomic E-state index is 10.8. The van der Waals surface area contributed by atoms with E-state index in [1.807, 2.05) is 6.07 Å². The highest BCUT2D eigenvalue weighted by Crippen LogP contribution is 2.27. The minimum absolute atomic E-state index is 0.0332. The first-order chi connectivity index (χ1) is 9.49. The van der Waals surface area contributed by atoms with Crippen molar-refractivity contribution in [1.29, 1.82) is 0 Å². The van der Waals surface area contributed by atoms with E-state index in [0.717, 1.165) is 18.2 Å². The predicted octanol–water partition coefficient (Wildman–Crippen LogP) is 2.82. The third-order valence-corrected chi connectivity index (χ3v) is 4.11. The lowest BCUT2D eigenvalue weighted by Crippen LogP contribution is -2.38. The van der Waals surface area contributed by atoms with E-state index in [4.69, 9.17) is 11.6 Å². The monoisotopic (exact) mass is 297 g/mol. The molecule has 0 spiro atoms. The molecule has 0 aliphatic heterocycles. The highest BCUT2D eigenvalue weighted by Gasteiger charge is 2.28. The van der Waals surface area contributed by atoms with Crippen LogP contribution in [0.2, 0.25) is 5.02 Å². The highest BCUT2D eigenvalue weighted by atomic mass is 35.5. The van der Waals surface area contributed by atoms with E-state index < -0.39 is 4.92 Å². The van der Waals surface area contributed by atoms with Gasteiger partial charge < -0.3 is 5.32 Å². The van der Waals surface area contributed by atoms with Gasteiger partial charge in [0, 0.05) is 31.2 Å². The summed E-state index contributed by atoms with van der Waals surface area (Å²) < 4.78 is 0. The molecule has 1 aromatic carbocycles. The summed E-state index contributed by atoms with van der Waals surface area (Å²) in [6.45, 7) is 3.67. The number of halogens is 1. The van der Waals surface area contributed by atoms with Gasteiger partial charge in [-0.1, -0.05) is 17.7 Å². The maximum Gasteiger partial charge on any atom is 0.288 e. The van der Waals surface area contributed by atoms with Crippen molar-refractivity contribution < 1.29 is 4.92 Å². The number of likely N-dealkylation sites (N-methyl/N-ethyl adjacent to an activating group) is 1. The standard InChI is InChI=1S/C14H20ClN3O2/c1-10(17(2)12-4-5-12)8-16-9-11-3-6-13(15)14(7-11)18(19)20/h3,6-7,10,12,16H,4-5,8-9H2,1-2H3. The van der Waals surface area contributed by atoms with Gasteiger partial charge in [-0.2, -0.15) is 0 Å². The number of nitro benzene ring substituents is 1. The number of nitrogens with zero attached hydrogens (tertiary/aromatic N) is 2. The van der Waals surface area contributed by atoms with Crippen molar-refractivity contribution in [2.75, 3.05) is 13.6 Å². The van der Waals surface area contributed by atoms with E-state index in [0.29, 0.717) is 12.6 Å². The molecule has 110 valence electrons. The second-order valence-corrected chi connectivity index (χ2v) is 5.83. The summed E-state index contributed by atoms with van der Waals surface area (Å²) >= 11 is 5.79. The Kier molecular flexibility index (Phi) is 4.96. The Morgan fingerprint density at radius 1 is 1.55 bits per heavy atom. The van der Waals surface area contributed by atoms with Crippen molar-refractivity contribution in [3.63, 3.8) is 0 Å². The fraction of sp³-hybridized carbons (Fsp3) is 0.571. The molecule has 1 atom stereocenters. The quantitative estimate of drug-likeness (QED) is 0.621. The molecule has 1 aliphatic rings. The lowest BCUT2D eigenvalue weighted by molar-refractivity contribution is -0.384. The molecule has 2 rings (SSSR count). The Hall–Kier alpha value is -1.17. The van der Waals surface area contributed by atoms with Gasteiger partial charge in [0.2, 0.25) is 0 Å². The molecule has 1 aliphatic carbocycles. The largest absolute Gasteiger partial charge is 0.311 e. The molecule has 0 aromatic heterocycles. The zero-order valence-electron chi connectivity index (χ0n) is 11.8. The molecule has 20 heavy (non-hydrogen) atoms. The second kappa shape index (κ2) is 6.52. The summed E-state index contributed by atoms with van der Waals surface area (Å²) in [6, 6.07) is 6.13. The molecule has 1 unspecified atom stereocenters. The lowest BCUT2D eigenvalue weighted by atomic mass is 10.2. The first-order valence-electron chi connectivity index (χ1n) is 6.84. The van der Waals surface area contributed by atoms with Gasteiger partial charge in [-0.15, -0.1) is 0 Å². The highest BCUT2D eigenvalue weighted by molar-refractivity contribution is 6.32. The van der Waals surface area contributed by atoms with Crippen molar-refractivity contribution >= 4 is 17.3 Å². The first-order valence-corrected chi connectivity index (χ1v) is 7.22. The minimum atomic E-state index is -0.449. The van der Waals surface area contributed by atoms with E-state index in [1.165, 1.54) is 18.9 Å². The van der Waals surface area contributed by atoms with Gasteiger partial charge in [0.15, 0.2) is 0 Å². The average Bonchev–Trinajstić information content (AvgIpc) is 3.23. The second-order valence-electron chi connectivity index (χ2n) is 5.42. The van der Waals surface area contributed by atoms with E-state index >= 15 is 0 Å². The van der Waals surface area contributed by atoms with Crippen LogP contribution in [0, 0.1) is 10.1 Å². The molecule has 1 saturated carbocycles. The summed E-state index contributed by atoms with van der Waals surface area (Å²) in [5, 5.41) is 14.3. The van der Waals surface area contributed by atoms with Crippen molar-refractivity contribution in [3.05, 3.63) is 38.9 Å². The Morgan fingerprint density at radius 2 is 2.25 bits per heavy atom. The van der Waals surface area contributed by atoms with Crippen molar-refractivity contribution in [2.24, 2.45) is 0 Å². The van der Waals surface area contributed by atoms with Gasteiger partial charge in [0.05, 0.1) is 4.92 Å². The van der Waals surface area contributed by atoms with Gasteiger partial charge in [0.25, 0.3) is 5.69 Å². The summed E-state index contributed by atoms with van der Waals surface area (Å²) in [6.07, 6.45) is 2.59. The third kappa shape index (κ3) is 3.91. The van der Waals surface area contributed by atoms with Gasteiger partial charge in [0.1, 0.15) is 5.02 Å². The summed E-state index contributed by atoms with van der Waals surface area (Å²) in [7, 11) is 2.15. The van der Waals surface area contributed by atoms with Gasteiger partial charge >= 0.3 is 0 Å². The molecule has 6 heteroatoms. The van der Waals surface area contributed by atoms with E-state index in [9.17, 15) is 10.1 Å². The average molecular weight is 298 g/mol. The van der Waals surface area contributed by atoms with Crippen LogP contribution in [0.25, 0.3) is 0 Å². The van der Waals surface area contributed by atoms with Crippen LogP contribution >= 0.6 is 11.6 Å².